The van der Waals surface area contributed by atoms with Crippen LogP contribution < -0.4 is 0 Å². The first-order valence-corrected chi connectivity index (χ1v) is 37.5. The average molecular weight is 1170 g/mol. The summed E-state index contributed by atoms with van der Waals surface area (Å²) in [5, 5.41) is 0. The second-order valence-corrected chi connectivity index (χ2v) is 25.5. The van der Waals surface area contributed by atoms with Crippen LogP contribution in [0.25, 0.3) is 0 Å². The van der Waals surface area contributed by atoms with Gasteiger partial charge in [0.1, 0.15) is 13.2 Å². The number of esters is 3. The molecule has 0 N–H and O–H groups in total. The van der Waals surface area contributed by atoms with Crippen LogP contribution in [0.5, 0.6) is 0 Å². The second-order valence-electron chi connectivity index (χ2n) is 25.5. The molecular formula is C77H144O6. The lowest BCUT2D eigenvalue weighted by molar-refractivity contribution is -0.167. The third-order valence-corrected chi connectivity index (χ3v) is 17.2. The Labute approximate surface area is 518 Å². The van der Waals surface area contributed by atoms with E-state index in [1.54, 1.807) is 0 Å². The molecular weight excluding hydrogens is 1020 g/mol. The summed E-state index contributed by atoms with van der Waals surface area (Å²) in [4.78, 5) is 38.5. The van der Waals surface area contributed by atoms with Gasteiger partial charge in [0.25, 0.3) is 0 Å². The van der Waals surface area contributed by atoms with Crippen molar-refractivity contribution in [2.45, 2.75) is 425 Å². The summed E-state index contributed by atoms with van der Waals surface area (Å²) in [7, 11) is 0. The SMILES string of the molecule is CC/C=C\C/C=C\C/C=C\CCCCCCCCCC(=O)OCC(COC(=O)CCCCCCCCCCCCCCCCCCCCCCCCCCCCCC)OC(=O)CCCCCCCCCCCCCCCCCCCCCC. The lowest BCUT2D eigenvalue weighted by Gasteiger charge is -2.18. The Bertz CT molecular complexity index is 1380. The number of hydrogen-bond donors (Lipinski definition) is 0. The number of hydrogen-bond acceptors (Lipinski definition) is 6. The highest BCUT2D eigenvalue weighted by Crippen LogP contribution is 2.19. The van der Waals surface area contributed by atoms with Crippen molar-refractivity contribution in [2.75, 3.05) is 13.2 Å². The molecule has 488 valence electrons. The molecule has 0 bridgehead atoms. The molecule has 0 heterocycles. The minimum Gasteiger partial charge on any atom is -0.462 e. The average Bonchev–Trinajstić information content (AvgIpc) is 3.49. The van der Waals surface area contributed by atoms with E-state index in [0.717, 1.165) is 83.5 Å². The quantitative estimate of drug-likeness (QED) is 0.0261. The first-order valence-electron chi connectivity index (χ1n) is 37.5. The molecule has 0 fully saturated rings. The van der Waals surface area contributed by atoms with Gasteiger partial charge in [0.15, 0.2) is 6.10 Å². The molecule has 83 heavy (non-hydrogen) atoms. The van der Waals surface area contributed by atoms with Crippen LogP contribution in [0.3, 0.4) is 0 Å². The van der Waals surface area contributed by atoms with Gasteiger partial charge in [-0.05, 0) is 51.4 Å². The third-order valence-electron chi connectivity index (χ3n) is 17.2. The molecule has 0 aliphatic carbocycles. The lowest BCUT2D eigenvalue weighted by Crippen LogP contribution is -2.30. The Morgan fingerprint density at radius 3 is 0.735 bits per heavy atom. The number of allylic oxidation sites excluding steroid dienone is 6. The summed E-state index contributed by atoms with van der Waals surface area (Å²) in [6, 6.07) is 0. The predicted octanol–water partition coefficient (Wildman–Crippen LogP) is 25.9. The monoisotopic (exact) mass is 1170 g/mol. The molecule has 0 radical (unpaired) electrons. The summed E-state index contributed by atoms with van der Waals surface area (Å²) in [5.41, 5.74) is 0. The number of unbranched alkanes of at least 4 members (excludes halogenated alkanes) is 53. The minimum atomic E-state index is -0.775. The van der Waals surface area contributed by atoms with Gasteiger partial charge in [0.2, 0.25) is 0 Å². The summed E-state index contributed by atoms with van der Waals surface area (Å²) in [5.74, 6) is -0.845. The summed E-state index contributed by atoms with van der Waals surface area (Å²) in [6.45, 7) is 6.62. The van der Waals surface area contributed by atoms with E-state index < -0.39 is 6.10 Å². The summed E-state index contributed by atoms with van der Waals surface area (Å²) < 4.78 is 17.0. The minimum absolute atomic E-state index is 0.0690. The lowest BCUT2D eigenvalue weighted by atomic mass is 10.0. The molecule has 0 aliphatic rings. The standard InChI is InChI=1S/C77H144O6/c1-4-7-10-13-16-19-22-25-28-31-33-35-36-37-38-39-40-41-42-44-46-49-52-55-58-61-64-67-70-76(79)82-73-74(72-81-75(78)69-66-63-60-57-54-51-48-45-30-27-24-21-18-15-12-9-6-3)83-77(80)71-68-65-62-59-56-53-50-47-43-34-32-29-26-23-20-17-14-11-8-5-2/h9,12,18,21,27,30,74H,4-8,10-11,13-17,19-20,22-26,28-29,31-73H2,1-3H3/b12-9-,21-18-,30-27-. The van der Waals surface area contributed by atoms with Gasteiger partial charge in [-0.3, -0.25) is 14.4 Å². The van der Waals surface area contributed by atoms with Gasteiger partial charge in [-0.2, -0.15) is 0 Å². The van der Waals surface area contributed by atoms with Gasteiger partial charge in [-0.25, -0.2) is 0 Å². The van der Waals surface area contributed by atoms with E-state index >= 15 is 0 Å². The molecule has 0 amide bonds. The number of rotatable bonds is 70. The van der Waals surface area contributed by atoms with Crippen molar-refractivity contribution in [3.8, 4) is 0 Å². The van der Waals surface area contributed by atoms with Gasteiger partial charge in [-0.15, -0.1) is 0 Å². The zero-order chi connectivity index (χ0) is 59.9. The van der Waals surface area contributed by atoms with Crippen molar-refractivity contribution in [3.05, 3.63) is 36.5 Å². The van der Waals surface area contributed by atoms with E-state index in [0.29, 0.717) is 19.3 Å². The van der Waals surface area contributed by atoms with E-state index in [1.165, 1.54) is 295 Å². The van der Waals surface area contributed by atoms with Crippen molar-refractivity contribution in [1.29, 1.82) is 0 Å². The van der Waals surface area contributed by atoms with Crippen molar-refractivity contribution in [2.24, 2.45) is 0 Å². The highest BCUT2D eigenvalue weighted by molar-refractivity contribution is 5.71. The number of carbonyl (C=O) groups is 3. The van der Waals surface area contributed by atoms with Gasteiger partial charge in [0, 0.05) is 19.3 Å². The maximum Gasteiger partial charge on any atom is 0.306 e. The molecule has 6 heteroatoms. The molecule has 0 saturated heterocycles. The van der Waals surface area contributed by atoms with E-state index in [1.807, 2.05) is 0 Å². The highest BCUT2D eigenvalue weighted by Gasteiger charge is 2.20. The zero-order valence-corrected chi connectivity index (χ0v) is 56.2. The third kappa shape index (κ3) is 70.3. The predicted molar refractivity (Wildman–Crippen MR) is 362 cm³/mol. The van der Waals surface area contributed by atoms with Crippen molar-refractivity contribution < 1.29 is 28.6 Å². The fraction of sp³-hybridized carbons (Fsp3) is 0.883. The smallest absolute Gasteiger partial charge is 0.306 e. The van der Waals surface area contributed by atoms with Gasteiger partial charge < -0.3 is 14.2 Å². The van der Waals surface area contributed by atoms with Crippen LogP contribution in [0.4, 0.5) is 0 Å². The Morgan fingerprint density at radius 2 is 0.470 bits per heavy atom. The van der Waals surface area contributed by atoms with Gasteiger partial charge in [0.05, 0.1) is 0 Å². The number of ether oxygens (including phenoxy) is 3. The molecule has 1 atom stereocenters. The molecule has 0 spiro atoms. The number of carbonyl (C=O) groups excluding carboxylic acids is 3. The van der Waals surface area contributed by atoms with Crippen LogP contribution in [-0.4, -0.2) is 37.2 Å². The Morgan fingerprint density at radius 1 is 0.253 bits per heavy atom. The molecule has 0 saturated carbocycles. The first-order chi connectivity index (χ1) is 41.0. The Balaban J connectivity index is 4.23. The van der Waals surface area contributed by atoms with Crippen LogP contribution in [0.2, 0.25) is 0 Å². The van der Waals surface area contributed by atoms with Crippen molar-refractivity contribution >= 4 is 17.9 Å². The fourth-order valence-corrected chi connectivity index (χ4v) is 11.6. The van der Waals surface area contributed by atoms with Crippen LogP contribution >= 0.6 is 0 Å². The summed E-state index contributed by atoms with van der Waals surface area (Å²) >= 11 is 0. The van der Waals surface area contributed by atoms with E-state index in [2.05, 4.69) is 57.2 Å². The van der Waals surface area contributed by atoms with Crippen LogP contribution in [0, 0.1) is 0 Å². The van der Waals surface area contributed by atoms with E-state index in [9.17, 15) is 14.4 Å². The van der Waals surface area contributed by atoms with Crippen LogP contribution in [0.1, 0.15) is 419 Å². The largest absolute Gasteiger partial charge is 0.462 e. The maximum atomic E-state index is 13.0. The zero-order valence-electron chi connectivity index (χ0n) is 56.2. The molecule has 0 aromatic heterocycles. The Hall–Kier alpha value is -2.37. The molecule has 1 unspecified atom stereocenters. The van der Waals surface area contributed by atoms with Crippen molar-refractivity contribution in [3.63, 3.8) is 0 Å². The van der Waals surface area contributed by atoms with Crippen LogP contribution in [0.15, 0.2) is 36.5 Å². The topological polar surface area (TPSA) is 78.9 Å². The van der Waals surface area contributed by atoms with E-state index in [-0.39, 0.29) is 31.1 Å². The second kappa shape index (κ2) is 72.1. The molecule has 0 aliphatic heterocycles. The molecule has 0 rings (SSSR count). The van der Waals surface area contributed by atoms with Gasteiger partial charge in [-0.1, -0.05) is 385 Å². The molecule has 0 aromatic carbocycles. The Kier molecular flexibility index (Phi) is 70.0. The maximum absolute atomic E-state index is 13.0. The van der Waals surface area contributed by atoms with E-state index in [4.69, 9.17) is 14.2 Å². The first kappa shape index (κ1) is 80.6. The molecule has 6 nitrogen and oxygen atoms in total. The van der Waals surface area contributed by atoms with Crippen LogP contribution in [-0.2, 0) is 28.6 Å². The van der Waals surface area contributed by atoms with Gasteiger partial charge >= 0.3 is 17.9 Å². The summed E-state index contributed by atoms with van der Waals surface area (Å²) in [6.07, 6.45) is 90.5. The fourth-order valence-electron chi connectivity index (χ4n) is 11.6. The highest BCUT2D eigenvalue weighted by atomic mass is 16.6. The van der Waals surface area contributed by atoms with Crippen molar-refractivity contribution in [1.82, 2.24) is 0 Å². The normalized spacial score (nSPS) is 12.2. The molecule has 0 aromatic rings.